The van der Waals surface area contributed by atoms with Crippen LogP contribution in [-0.2, 0) is 0 Å². The molecule has 10 aromatic rings. The van der Waals surface area contributed by atoms with Gasteiger partial charge in [-0.3, -0.25) is 24.0 Å². The van der Waals surface area contributed by atoms with E-state index >= 15 is 0 Å². The number of ketones is 5. The number of nitrogen functional groups attached to an aromatic ring is 2. The van der Waals surface area contributed by atoms with Crippen molar-refractivity contribution in [2.45, 2.75) is 69.2 Å². The molecule has 5 aromatic heterocycles. The molecule has 0 fully saturated rings. The topological polar surface area (TPSA) is 252 Å². The highest BCUT2D eigenvalue weighted by Gasteiger charge is 2.24. The molecule has 0 saturated carbocycles. The van der Waals surface area contributed by atoms with E-state index in [2.05, 4.69) is 35.9 Å². The zero-order valence-electron chi connectivity index (χ0n) is 50.9. The van der Waals surface area contributed by atoms with Gasteiger partial charge in [0.1, 0.15) is 45.8 Å². The lowest BCUT2D eigenvalue weighted by Gasteiger charge is -2.07. The van der Waals surface area contributed by atoms with Gasteiger partial charge >= 0.3 is 0 Å². The van der Waals surface area contributed by atoms with Gasteiger partial charge in [-0.15, -0.1) is 10.2 Å². The van der Waals surface area contributed by atoms with E-state index < -0.39 is 34.8 Å². The number of nitrogens with two attached hydrogens (primary N) is 2. The van der Waals surface area contributed by atoms with Gasteiger partial charge in [0.05, 0.1) is 73.5 Å². The number of rotatable bonds is 15. The molecule has 0 amide bonds. The highest BCUT2D eigenvalue weighted by atomic mass is 35.5. The molecule has 0 aliphatic carbocycles. The molecule has 0 spiro atoms. The first-order valence-electron chi connectivity index (χ1n) is 27.9. The maximum absolute atomic E-state index is 13.9. The third-order valence-corrected chi connectivity index (χ3v) is 14.3. The van der Waals surface area contributed by atoms with Gasteiger partial charge < -0.3 is 11.5 Å². The lowest BCUT2D eigenvalue weighted by molar-refractivity contribution is 0.0927. The van der Waals surface area contributed by atoms with E-state index in [1.54, 1.807) is 91.8 Å². The quantitative estimate of drug-likeness (QED) is 0.0550. The summed E-state index contributed by atoms with van der Waals surface area (Å²) in [5, 5.41) is 27.1. The first-order chi connectivity index (χ1) is 43.4. The predicted molar refractivity (Wildman–Crippen MR) is 343 cm³/mol. The van der Waals surface area contributed by atoms with Crippen LogP contribution in [-0.4, -0.2) is 88.2 Å². The van der Waals surface area contributed by atoms with E-state index in [-0.39, 0.29) is 118 Å². The van der Waals surface area contributed by atoms with Crippen molar-refractivity contribution in [1.82, 2.24) is 59.3 Å². The molecule has 482 valence electrons. The van der Waals surface area contributed by atoms with Crippen molar-refractivity contribution in [3.8, 4) is 28.4 Å². The Labute approximate surface area is 550 Å². The van der Waals surface area contributed by atoms with E-state index in [1.165, 1.54) is 86.2 Å². The van der Waals surface area contributed by atoms with Crippen molar-refractivity contribution in [2.24, 2.45) is 29.6 Å². The van der Waals surface area contributed by atoms with Gasteiger partial charge in [0, 0.05) is 40.8 Å². The smallest absolute Gasteiger partial charge is 0.187 e. The molecule has 10 rings (SSSR count). The highest BCUT2D eigenvalue weighted by molar-refractivity contribution is 6.32. The molecule has 0 aliphatic rings. The number of halogens is 10. The van der Waals surface area contributed by atoms with Crippen LogP contribution in [0, 0.1) is 58.7 Å². The van der Waals surface area contributed by atoms with Crippen LogP contribution >= 0.6 is 58.0 Å². The minimum atomic E-state index is -0.949. The second-order valence-corrected chi connectivity index (χ2v) is 23.5. The fourth-order valence-corrected chi connectivity index (χ4v) is 8.78. The Hall–Kier alpha value is -8.94. The molecule has 0 radical (unpaired) electrons. The van der Waals surface area contributed by atoms with E-state index in [0.29, 0.717) is 22.0 Å². The number of hydrogen-bond donors (Lipinski definition) is 2. The third-order valence-electron chi connectivity index (χ3n) is 12.9. The minimum absolute atomic E-state index is 0.000244. The van der Waals surface area contributed by atoms with Gasteiger partial charge in [-0.25, -0.2) is 45.4 Å². The summed E-state index contributed by atoms with van der Waals surface area (Å²) >= 11 is 28.6. The molecule has 0 atom stereocenters. The van der Waals surface area contributed by atoms with Crippen LogP contribution in [0.3, 0.4) is 0 Å². The summed E-state index contributed by atoms with van der Waals surface area (Å²) < 4.78 is 74.9. The average molecular weight is 1370 g/mol. The zero-order valence-corrected chi connectivity index (χ0v) is 54.6. The van der Waals surface area contributed by atoms with Crippen molar-refractivity contribution in [1.29, 1.82) is 0 Å². The molecule has 29 heteroatoms. The number of nitrogens with zero attached hydrogens (tertiary/aromatic N) is 12. The predicted octanol–water partition coefficient (Wildman–Crippen LogP) is 15.5. The lowest BCUT2D eigenvalue weighted by atomic mass is 10.0. The largest absolute Gasteiger partial charge is 0.383 e. The molecule has 5 aromatic carbocycles. The average Bonchev–Trinajstić information content (AvgIpc) is 1.67. The van der Waals surface area contributed by atoms with Gasteiger partial charge in [0.25, 0.3) is 0 Å². The second-order valence-electron chi connectivity index (χ2n) is 21.5. The molecule has 0 aliphatic heterocycles. The Balaban J connectivity index is 0.000000183. The summed E-state index contributed by atoms with van der Waals surface area (Å²) in [6.07, 6.45) is 8.37. The van der Waals surface area contributed by atoms with Crippen molar-refractivity contribution in [3.63, 3.8) is 0 Å². The van der Waals surface area contributed by atoms with Crippen LogP contribution in [0.4, 0.5) is 33.6 Å². The van der Waals surface area contributed by atoms with Crippen molar-refractivity contribution < 1.29 is 45.9 Å². The summed E-state index contributed by atoms with van der Waals surface area (Å²) in [6.45, 7) is 17.7. The molecule has 5 heterocycles. The van der Waals surface area contributed by atoms with Crippen LogP contribution in [0.5, 0.6) is 0 Å². The molecule has 0 bridgehead atoms. The van der Waals surface area contributed by atoms with E-state index in [9.17, 15) is 45.9 Å². The maximum atomic E-state index is 13.9. The van der Waals surface area contributed by atoms with Gasteiger partial charge in [-0.1, -0.05) is 162 Å². The van der Waals surface area contributed by atoms with Crippen molar-refractivity contribution in [3.05, 3.63) is 210 Å². The Kier molecular flexibility index (Phi) is 25.0. The zero-order chi connectivity index (χ0) is 68.2. The van der Waals surface area contributed by atoms with E-state index in [1.807, 2.05) is 26.0 Å². The molecule has 0 saturated heterocycles. The highest BCUT2D eigenvalue weighted by Crippen LogP contribution is 2.29. The Morgan fingerprint density at radius 2 is 0.837 bits per heavy atom. The third kappa shape index (κ3) is 17.3. The van der Waals surface area contributed by atoms with Crippen LogP contribution in [0.15, 0.2) is 128 Å². The minimum Gasteiger partial charge on any atom is -0.383 e. The Morgan fingerprint density at radius 3 is 1.33 bits per heavy atom. The second kappa shape index (κ2) is 31.9. The summed E-state index contributed by atoms with van der Waals surface area (Å²) in [5.41, 5.74) is 14.1. The van der Waals surface area contributed by atoms with E-state index in [4.69, 9.17) is 69.5 Å². The summed E-state index contributed by atoms with van der Waals surface area (Å²) in [6, 6.07) is 23.0. The van der Waals surface area contributed by atoms with Crippen LogP contribution < -0.4 is 11.5 Å². The van der Waals surface area contributed by atoms with E-state index in [0.717, 1.165) is 22.5 Å². The van der Waals surface area contributed by atoms with Gasteiger partial charge in [0.2, 0.25) is 0 Å². The van der Waals surface area contributed by atoms with Crippen molar-refractivity contribution >= 4 is 98.6 Å². The first kappa shape index (κ1) is 72.1. The number of anilines is 2. The number of hydrogen-bond acceptors (Lipinski definition) is 14. The number of aromatic nitrogens is 12. The molecule has 0 unspecified atom stereocenters. The van der Waals surface area contributed by atoms with Crippen molar-refractivity contribution in [2.75, 3.05) is 11.5 Å². The molecule has 19 nitrogen and oxygen atoms in total. The molecular formula is C63H60Cl5F5N14O5. The SMILES string of the molecule is CC(C)C(=O)c1cn(-c2c(F)ccc(Cl)c2F)nn1.CC(C)C(=O)c1cn(-c2cccc(Cl)c2F)nn1.CC(C)C(=O)c1cnn(-c2cccc(Cl)c2)c1N.CC(C)C(=O)c1cnn(-c2cccc(Cl)c2F)c1.CC(C)C(=O)c1cnn(-c2cccc(Cl)c2F)c1N. The van der Waals surface area contributed by atoms with Crippen LogP contribution in [0.25, 0.3) is 28.4 Å². The number of carbonyl (C=O) groups excluding carboxylic acids is 5. The molecule has 92 heavy (non-hydrogen) atoms. The summed E-state index contributed by atoms with van der Waals surface area (Å²) in [7, 11) is 0. The Bertz CT molecular complexity index is 4210. The number of carbonyl (C=O) groups is 5. The lowest BCUT2D eigenvalue weighted by Crippen LogP contribution is -2.11. The van der Waals surface area contributed by atoms with Crippen LogP contribution in [0.2, 0.25) is 25.1 Å². The van der Waals surface area contributed by atoms with Gasteiger partial charge in [-0.2, -0.15) is 15.3 Å². The first-order valence-corrected chi connectivity index (χ1v) is 29.8. The van der Waals surface area contributed by atoms with Gasteiger partial charge in [-0.05, 0) is 66.7 Å². The Morgan fingerprint density at radius 1 is 0.424 bits per heavy atom. The number of benzene rings is 5. The number of Topliss-reactive ketones (excluding diaryl/α,β-unsaturated/α-hetero) is 5. The molecule has 4 N–H and O–H groups in total. The monoisotopic (exact) mass is 1360 g/mol. The summed E-state index contributed by atoms with van der Waals surface area (Å²) in [5.74, 6) is -4.55. The standard InChI is InChI=1S/C13H13ClFN3O.C13H12ClFN2O.C13H14ClN3O.C12H10ClF2N3O.C12H11ClFN3O/c1-7(2)12(19)8-6-17-18(13(8)16)10-5-3-4-9(14)11(10)15;1-8(2)13(18)9-6-16-17(7-9)11-5-3-4-10(14)12(11)15;1-8(2)12(18)11-7-16-17(13(11)15)10-5-3-4-9(14)6-10;1-6(2)12(19)9-5-18(17-16-9)11-8(14)4-3-7(13)10(11)15;1-7(2)12(18)9-6-17(16-15-9)10-5-3-4-8(13)11(10)14/h3-7H,16H2,1-2H3;3-8H,1-2H3;3-8H,15H2,1-2H3;3-6H,1-2H3;3-7H,1-2H3. The van der Waals surface area contributed by atoms with Gasteiger partial charge in [0.15, 0.2) is 58.0 Å². The fraction of sp³-hybridized carbons (Fsp3) is 0.238. The summed E-state index contributed by atoms with van der Waals surface area (Å²) in [4.78, 5) is 59.0. The maximum Gasteiger partial charge on any atom is 0.187 e. The molecular weight excluding hydrogens is 1310 g/mol. The normalized spacial score (nSPS) is 11.0. The fourth-order valence-electron chi connectivity index (χ4n) is 7.93. The van der Waals surface area contributed by atoms with Crippen LogP contribution in [0.1, 0.15) is 121 Å².